The molecule has 0 rings (SSSR count). The number of methoxy groups -OCH3 is 1. The van der Waals surface area contributed by atoms with Crippen molar-refractivity contribution >= 4 is 6.21 Å². The summed E-state index contributed by atoms with van der Waals surface area (Å²) in [5.74, 6) is 0. The van der Waals surface area contributed by atoms with Crippen LogP contribution in [0.4, 0.5) is 0 Å². The van der Waals surface area contributed by atoms with E-state index in [4.69, 9.17) is 4.74 Å². The fourth-order valence-electron chi connectivity index (χ4n) is 0.271. The smallest absolute Gasteiger partial charge is 0.144 e. The van der Waals surface area contributed by atoms with Gasteiger partial charge in [0.2, 0.25) is 0 Å². The molecule has 0 aliphatic carbocycles. The fourth-order valence-corrected chi connectivity index (χ4v) is 0.271. The van der Waals surface area contributed by atoms with Gasteiger partial charge in [-0.25, -0.2) is 0 Å². The number of rotatable bonds is 2. The van der Waals surface area contributed by atoms with Crippen molar-refractivity contribution in [3.63, 3.8) is 0 Å². The van der Waals surface area contributed by atoms with Crippen LogP contribution in [0.5, 0.6) is 0 Å². The van der Waals surface area contributed by atoms with E-state index in [0.717, 1.165) is 0 Å². The Morgan fingerprint density at radius 1 is 1.71 bits per heavy atom. The van der Waals surface area contributed by atoms with E-state index in [0.29, 0.717) is 0 Å². The number of hydrogen-bond donors (Lipinski definition) is 0. The lowest BCUT2D eigenvalue weighted by atomic mass is 10.7. The Kier molecular flexibility index (Phi) is 3.61. The topological polar surface area (TPSA) is 21.6 Å². The summed E-state index contributed by atoms with van der Waals surface area (Å²) in [5, 5.41) is 0. The molecule has 0 bridgehead atoms. The predicted octanol–water partition coefficient (Wildman–Crippen LogP) is 1.07. The second kappa shape index (κ2) is 3.81. The highest BCUT2D eigenvalue weighted by molar-refractivity contribution is 5.53. The van der Waals surface area contributed by atoms with Gasteiger partial charge in [-0.1, -0.05) is 0 Å². The van der Waals surface area contributed by atoms with E-state index < -0.39 is 0 Å². The van der Waals surface area contributed by atoms with Gasteiger partial charge < -0.3 is 4.74 Å². The van der Waals surface area contributed by atoms with E-state index >= 15 is 0 Å². The highest BCUT2D eigenvalue weighted by Gasteiger charge is 1.86. The Balaban J connectivity index is 3.16. The zero-order chi connectivity index (χ0) is 5.70. The van der Waals surface area contributed by atoms with Crippen molar-refractivity contribution in [3.8, 4) is 0 Å². The first-order valence-corrected chi connectivity index (χ1v) is 2.32. The van der Waals surface area contributed by atoms with Crippen LogP contribution < -0.4 is 0 Å². The molecule has 0 amide bonds. The van der Waals surface area contributed by atoms with Crippen molar-refractivity contribution in [2.24, 2.45) is 4.99 Å². The normalized spacial score (nSPS) is 15.3. The Labute approximate surface area is 44.2 Å². The molecule has 0 heterocycles. The second-order valence-corrected chi connectivity index (χ2v) is 1.24. The van der Waals surface area contributed by atoms with Crippen LogP contribution in [-0.4, -0.2) is 19.6 Å². The first-order chi connectivity index (χ1) is 3.31. The SMILES string of the molecule is C/C=N\[C@@H](C)OC. The van der Waals surface area contributed by atoms with Crippen LogP contribution in [-0.2, 0) is 4.74 Å². The molecule has 0 spiro atoms. The van der Waals surface area contributed by atoms with Gasteiger partial charge in [0.15, 0.2) is 0 Å². The van der Waals surface area contributed by atoms with Gasteiger partial charge in [0.1, 0.15) is 6.23 Å². The minimum atomic E-state index is 0.0185. The molecule has 2 nitrogen and oxygen atoms in total. The average molecular weight is 101 g/mol. The largest absolute Gasteiger partial charge is 0.360 e. The van der Waals surface area contributed by atoms with Crippen molar-refractivity contribution < 1.29 is 4.74 Å². The van der Waals surface area contributed by atoms with Gasteiger partial charge in [0.05, 0.1) is 0 Å². The number of aliphatic imine (C=N–C) groups is 1. The second-order valence-electron chi connectivity index (χ2n) is 1.24. The summed E-state index contributed by atoms with van der Waals surface area (Å²) in [5.41, 5.74) is 0. The van der Waals surface area contributed by atoms with Gasteiger partial charge >= 0.3 is 0 Å². The molecule has 7 heavy (non-hydrogen) atoms. The highest BCUT2D eigenvalue weighted by Crippen LogP contribution is 1.84. The first kappa shape index (κ1) is 6.63. The zero-order valence-corrected chi connectivity index (χ0v) is 5.01. The molecule has 0 aliphatic heterocycles. The van der Waals surface area contributed by atoms with Crippen LogP contribution in [0.2, 0.25) is 0 Å². The van der Waals surface area contributed by atoms with Crippen molar-refractivity contribution in [3.05, 3.63) is 0 Å². The summed E-state index contributed by atoms with van der Waals surface area (Å²) in [6.07, 6.45) is 1.75. The summed E-state index contributed by atoms with van der Waals surface area (Å²) in [6, 6.07) is 0. The van der Waals surface area contributed by atoms with Gasteiger partial charge in [-0.3, -0.25) is 4.99 Å². The van der Waals surface area contributed by atoms with Crippen molar-refractivity contribution in [2.45, 2.75) is 20.1 Å². The predicted molar refractivity (Wildman–Crippen MR) is 30.6 cm³/mol. The number of nitrogens with zero attached hydrogens (tertiary/aromatic N) is 1. The Morgan fingerprint density at radius 3 is 2.43 bits per heavy atom. The molecule has 1 atom stereocenters. The molecule has 0 fully saturated rings. The van der Waals surface area contributed by atoms with Crippen LogP contribution in [0.3, 0.4) is 0 Å². The van der Waals surface area contributed by atoms with E-state index in [1.165, 1.54) is 0 Å². The summed E-state index contributed by atoms with van der Waals surface area (Å²) < 4.78 is 4.79. The molecule has 0 N–H and O–H groups in total. The third-order valence-electron chi connectivity index (χ3n) is 0.700. The molecule has 0 radical (unpaired) electrons. The number of ether oxygens (including phenoxy) is 1. The lowest BCUT2D eigenvalue weighted by Gasteiger charge is -1.98. The van der Waals surface area contributed by atoms with E-state index in [9.17, 15) is 0 Å². The molecule has 0 aliphatic rings. The maximum absolute atomic E-state index is 4.79. The summed E-state index contributed by atoms with van der Waals surface area (Å²) >= 11 is 0. The van der Waals surface area contributed by atoms with Crippen LogP contribution >= 0.6 is 0 Å². The average Bonchev–Trinajstić information content (AvgIpc) is 1.68. The lowest BCUT2D eigenvalue weighted by molar-refractivity contribution is 0.126. The Morgan fingerprint density at radius 2 is 2.29 bits per heavy atom. The molecule has 42 valence electrons. The summed E-state index contributed by atoms with van der Waals surface area (Å²) in [7, 11) is 1.64. The summed E-state index contributed by atoms with van der Waals surface area (Å²) in [4.78, 5) is 3.90. The first-order valence-electron chi connectivity index (χ1n) is 2.32. The highest BCUT2D eigenvalue weighted by atomic mass is 16.5. The molecule has 0 aromatic carbocycles. The summed E-state index contributed by atoms with van der Waals surface area (Å²) in [6.45, 7) is 3.76. The van der Waals surface area contributed by atoms with Gasteiger partial charge in [-0.2, -0.15) is 0 Å². The van der Waals surface area contributed by atoms with Crippen LogP contribution in [0.1, 0.15) is 13.8 Å². The monoisotopic (exact) mass is 101 g/mol. The maximum atomic E-state index is 4.79. The van der Waals surface area contributed by atoms with Crippen LogP contribution in [0.15, 0.2) is 4.99 Å². The minimum absolute atomic E-state index is 0.0185. The van der Waals surface area contributed by atoms with Gasteiger partial charge in [0, 0.05) is 7.11 Å². The minimum Gasteiger partial charge on any atom is -0.360 e. The van der Waals surface area contributed by atoms with Crippen molar-refractivity contribution in [2.75, 3.05) is 7.11 Å². The standard InChI is InChI=1S/C5H11NO/c1-4-6-5(2)7-3/h4-5H,1-3H3/b6-4-/t5-/m1/s1. The van der Waals surface area contributed by atoms with E-state index in [1.54, 1.807) is 13.3 Å². The molecule has 0 aromatic heterocycles. The van der Waals surface area contributed by atoms with Crippen LogP contribution in [0.25, 0.3) is 0 Å². The molecule has 0 unspecified atom stereocenters. The van der Waals surface area contributed by atoms with Crippen molar-refractivity contribution in [1.29, 1.82) is 0 Å². The van der Waals surface area contributed by atoms with Gasteiger partial charge in [0.25, 0.3) is 0 Å². The number of hydrogen-bond acceptors (Lipinski definition) is 2. The third-order valence-corrected chi connectivity index (χ3v) is 0.700. The van der Waals surface area contributed by atoms with Crippen molar-refractivity contribution in [1.82, 2.24) is 0 Å². The quantitative estimate of drug-likeness (QED) is 0.477. The molecule has 0 saturated carbocycles. The molecule has 2 heteroatoms. The molecular weight excluding hydrogens is 90.1 g/mol. The fraction of sp³-hybridized carbons (Fsp3) is 0.800. The molecular formula is C5H11NO. The maximum Gasteiger partial charge on any atom is 0.144 e. The lowest BCUT2D eigenvalue weighted by Crippen LogP contribution is -1.98. The van der Waals surface area contributed by atoms with Gasteiger partial charge in [-0.15, -0.1) is 0 Å². The van der Waals surface area contributed by atoms with E-state index in [-0.39, 0.29) is 6.23 Å². The third kappa shape index (κ3) is 3.46. The molecule has 0 saturated heterocycles. The Hall–Kier alpha value is -0.370. The van der Waals surface area contributed by atoms with E-state index in [1.807, 2.05) is 13.8 Å². The molecule has 0 aromatic rings. The van der Waals surface area contributed by atoms with Gasteiger partial charge in [-0.05, 0) is 20.1 Å². The van der Waals surface area contributed by atoms with Crippen LogP contribution in [0, 0.1) is 0 Å². The Bertz CT molecular complexity index is 61.1. The zero-order valence-electron chi connectivity index (χ0n) is 5.01. The van der Waals surface area contributed by atoms with E-state index in [2.05, 4.69) is 4.99 Å².